The number of aryl methyl sites for hydroxylation is 1. The Labute approximate surface area is 113 Å². The molecule has 5 heteroatoms. The number of carbonyl (C=O) groups excluding carboxylic acids is 1. The minimum atomic E-state index is 0.00218. The van der Waals surface area contributed by atoms with Crippen LogP contribution in [0.1, 0.15) is 12.0 Å². The van der Waals surface area contributed by atoms with Crippen molar-refractivity contribution in [1.29, 1.82) is 0 Å². The summed E-state index contributed by atoms with van der Waals surface area (Å²) in [5.74, 6) is 0.723. The maximum Gasteiger partial charge on any atom is 0.324 e. The summed E-state index contributed by atoms with van der Waals surface area (Å²) in [6.07, 6.45) is 0.812. The first-order valence-electron chi connectivity index (χ1n) is 6.47. The summed E-state index contributed by atoms with van der Waals surface area (Å²) in [5.41, 5.74) is 7.54. The van der Waals surface area contributed by atoms with E-state index >= 15 is 0 Å². The van der Waals surface area contributed by atoms with Crippen LogP contribution in [0.5, 0.6) is 5.75 Å². The number of benzene rings is 1. The summed E-state index contributed by atoms with van der Waals surface area (Å²) in [5, 5.41) is 0. The van der Waals surface area contributed by atoms with Crippen molar-refractivity contribution in [2.45, 2.75) is 19.4 Å². The molecule has 19 heavy (non-hydrogen) atoms. The number of carbonyl (C=O) groups is 1. The summed E-state index contributed by atoms with van der Waals surface area (Å²) in [4.78, 5) is 15.9. The Morgan fingerprint density at radius 3 is 2.84 bits per heavy atom. The van der Waals surface area contributed by atoms with E-state index in [0.717, 1.165) is 23.4 Å². The Balaban J connectivity index is 2.32. The van der Waals surface area contributed by atoms with E-state index in [2.05, 4.69) is 0 Å². The number of likely N-dealkylation sites (N-methyl/N-ethyl adjacent to an activating group) is 1. The van der Waals surface area contributed by atoms with Crippen LogP contribution in [0.4, 0.5) is 10.5 Å². The Bertz CT molecular complexity index is 476. The van der Waals surface area contributed by atoms with E-state index in [9.17, 15) is 4.79 Å². The Kier molecular flexibility index (Phi) is 3.95. The van der Waals surface area contributed by atoms with Gasteiger partial charge in [0.15, 0.2) is 0 Å². The average Bonchev–Trinajstić information content (AvgIpc) is 2.67. The number of hydrogen-bond donors (Lipinski definition) is 1. The number of urea groups is 1. The predicted octanol–water partition coefficient (Wildman–Crippen LogP) is 1.59. The first-order chi connectivity index (χ1) is 9.08. The second-order valence-electron chi connectivity index (χ2n) is 4.91. The summed E-state index contributed by atoms with van der Waals surface area (Å²) in [6.45, 7) is 3.25. The normalized spacial score (nSPS) is 19.2. The van der Waals surface area contributed by atoms with Crippen molar-refractivity contribution < 1.29 is 9.53 Å². The van der Waals surface area contributed by atoms with Crippen molar-refractivity contribution in [3.05, 3.63) is 23.8 Å². The zero-order chi connectivity index (χ0) is 14.0. The third-order valence-electron chi connectivity index (χ3n) is 3.60. The van der Waals surface area contributed by atoms with Crippen LogP contribution in [0.2, 0.25) is 0 Å². The van der Waals surface area contributed by atoms with Gasteiger partial charge in [-0.05, 0) is 37.6 Å². The van der Waals surface area contributed by atoms with Gasteiger partial charge < -0.3 is 15.4 Å². The molecule has 104 valence electrons. The summed E-state index contributed by atoms with van der Waals surface area (Å²) in [7, 11) is 3.45. The van der Waals surface area contributed by atoms with E-state index in [1.165, 1.54) is 0 Å². The number of nitrogens with two attached hydrogens (primary N) is 1. The van der Waals surface area contributed by atoms with Crippen molar-refractivity contribution >= 4 is 11.7 Å². The SMILES string of the molecule is COc1ccc(C)cc1N1CC(CCN)N(C)C1=O. The van der Waals surface area contributed by atoms with Gasteiger partial charge in [0.1, 0.15) is 5.75 Å². The standard InChI is InChI=1S/C14H21N3O2/c1-10-4-5-13(19-3)12(8-10)17-9-11(6-7-15)16(2)14(17)18/h4-5,8,11H,6-7,9,15H2,1-3H3. The highest BCUT2D eigenvalue weighted by Gasteiger charge is 2.36. The molecule has 1 aromatic rings. The second-order valence-corrected chi connectivity index (χ2v) is 4.91. The van der Waals surface area contributed by atoms with E-state index in [1.807, 2.05) is 32.2 Å². The van der Waals surface area contributed by atoms with Crippen LogP contribution in [0.3, 0.4) is 0 Å². The van der Waals surface area contributed by atoms with Gasteiger partial charge in [0.05, 0.1) is 18.8 Å². The lowest BCUT2D eigenvalue weighted by molar-refractivity contribution is 0.217. The van der Waals surface area contributed by atoms with Gasteiger partial charge in [-0.1, -0.05) is 6.07 Å². The van der Waals surface area contributed by atoms with Gasteiger partial charge in [-0.2, -0.15) is 0 Å². The molecule has 1 unspecified atom stereocenters. The molecule has 0 aromatic heterocycles. The molecule has 2 rings (SSSR count). The first kappa shape index (κ1) is 13.7. The van der Waals surface area contributed by atoms with Crippen LogP contribution >= 0.6 is 0 Å². The Morgan fingerprint density at radius 2 is 2.21 bits per heavy atom. The van der Waals surface area contributed by atoms with Gasteiger partial charge in [-0.3, -0.25) is 4.90 Å². The quantitative estimate of drug-likeness (QED) is 0.897. The molecule has 5 nitrogen and oxygen atoms in total. The van der Waals surface area contributed by atoms with E-state index < -0.39 is 0 Å². The highest BCUT2D eigenvalue weighted by Crippen LogP contribution is 2.33. The molecule has 1 fully saturated rings. The summed E-state index contributed by atoms with van der Waals surface area (Å²) < 4.78 is 5.35. The molecule has 1 aromatic carbocycles. The second kappa shape index (κ2) is 5.48. The molecule has 0 radical (unpaired) electrons. The Morgan fingerprint density at radius 1 is 1.47 bits per heavy atom. The zero-order valence-electron chi connectivity index (χ0n) is 11.7. The minimum absolute atomic E-state index is 0.00218. The number of hydrogen-bond acceptors (Lipinski definition) is 3. The van der Waals surface area contributed by atoms with Crippen LogP contribution in [-0.2, 0) is 0 Å². The van der Waals surface area contributed by atoms with E-state index in [1.54, 1.807) is 16.9 Å². The number of anilines is 1. The number of nitrogens with zero attached hydrogens (tertiary/aromatic N) is 2. The van der Waals surface area contributed by atoms with Crippen LogP contribution < -0.4 is 15.4 Å². The first-order valence-corrected chi connectivity index (χ1v) is 6.47. The summed E-state index contributed by atoms with van der Waals surface area (Å²) >= 11 is 0. The van der Waals surface area contributed by atoms with Gasteiger partial charge in [-0.25, -0.2) is 4.79 Å². The van der Waals surface area contributed by atoms with Crippen LogP contribution in [0.15, 0.2) is 18.2 Å². The lowest BCUT2D eigenvalue weighted by Crippen LogP contribution is -2.32. The molecular formula is C14H21N3O2. The largest absolute Gasteiger partial charge is 0.495 e. The fraction of sp³-hybridized carbons (Fsp3) is 0.500. The van der Waals surface area contributed by atoms with E-state index in [4.69, 9.17) is 10.5 Å². The van der Waals surface area contributed by atoms with Gasteiger partial charge in [0.2, 0.25) is 0 Å². The molecule has 2 amide bonds. The van der Waals surface area contributed by atoms with Gasteiger partial charge in [0.25, 0.3) is 0 Å². The number of methoxy groups -OCH3 is 1. The molecular weight excluding hydrogens is 242 g/mol. The van der Waals surface area contributed by atoms with Crippen molar-refractivity contribution in [2.75, 3.05) is 32.1 Å². The Hall–Kier alpha value is -1.75. The monoisotopic (exact) mass is 263 g/mol. The third kappa shape index (κ3) is 2.51. The van der Waals surface area contributed by atoms with Gasteiger partial charge >= 0.3 is 6.03 Å². The van der Waals surface area contributed by atoms with Crippen molar-refractivity contribution in [3.8, 4) is 5.75 Å². The zero-order valence-corrected chi connectivity index (χ0v) is 11.7. The maximum absolute atomic E-state index is 12.3. The molecule has 1 aliphatic rings. The molecule has 0 saturated carbocycles. The van der Waals surface area contributed by atoms with E-state index in [0.29, 0.717) is 13.1 Å². The lowest BCUT2D eigenvalue weighted by Gasteiger charge is -2.19. The fourth-order valence-electron chi connectivity index (χ4n) is 2.45. The molecule has 0 aliphatic carbocycles. The topological polar surface area (TPSA) is 58.8 Å². The predicted molar refractivity (Wildman–Crippen MR) is 75.7 cm³/mol. The van der Waals surface area contributed by atoms with Gasteiger partial charge in [0, 0.05) is 13.6 Å². The van der Waals surface area contributed by atoms with Gasteiger partial charge in [-0.15, -0.1) is 0 Å². The fourth-order valence-corrected chi connectivity index (χ4v) is 2.45. The van der Waals surface area contributed by atoms with Crippen molar-refractivity contribution in [1.82, 2.24) is 4.90 Å². The molecule has 0 bridgehead atoms. The molecule has 1 atom stereocenters. The average molecular weight is 263 g/mol. The maximum atomic E-state index is 12.3. The molecule has 1 aliphatic heterocycles. The molecule has 1 heterocycles. The van der Waals surface area contributed by atoms with Crippen LogP contribution in [0, 0.1) is 6.92 Å². The number of rotatable bonds is 4. The van der Waals surface area contributed by atoms with E-state index in [-0.39, 0.29) is 12.1 Å². The number of amides is 2. The summed E-state index contributed by atoms with van der Waals surface area (Å²) in [6, 6.07) is 6.03. The van der Waals surface area contributed by atoms with Crippen molar-refractivity contribution in [3.63, 3.8) is 0 Å². The van der Waals surface area contributed by atoms with Crippen molar-refractivity contribution in [2.24, 2.45) is 5.73 Å². The third-order valence-corrected chi connectivity index (χ3v) is 3.60. The highest BCUT2D eigenvalue weighted by molar-refractivity contribution is 5.96. The lowest BCUT2D eigenvalue weighted by atomic mass is 10.1. The molecule has 0 spiro atoms. The number of ether oxygens (including phenoxy) is 1. The molecule has 1 saturated heterocycles. The smallest absolute Gasteiger partial charge is 0.324 e. The molecule has 2 N–H and O–H groups in total. The highest BCUT2D eigenvalue weighted by atomic mass is 16.5. The van der Waals surface area contributed by atoms with Crippen LogP contribution in [-0.4, -0.2) is 44.2 Å². The minimum Gasteiger partial charge on any atom is -0.495 e. The van der Waals surface area contributed by atoms with Crippen LogP contribution in [0.25, 0.3) is 0 Å².